The summed E-state index contributed by atoms with van der Waals surface area (Å²) in [5, 5.41) is 0.863. The van der Waals surface area contributed by atoms with Gasteiger partial charge in [-0.1, -0.05) is 6.07 Å². The third-order valence-electron chi connectivity index (χ3n) is 4.44. The number of hydrogen-bond acceptors (Lipinski definition) is 6. The highest BCUT2D eigenvalue weighted by atomic mass is 32.2. The minimum absolute atomic E-state index is 0.378. The third kappa shape index (κ3) is 2.77. The van der Waals surface area contributed by atoms with Crippen molar-refractivity contribution in [3.8, 4) is 0 Å². The molecular weight excluding hydrogens is 336 g/mol. The molecule has 0 spiro atoms. The second-order valence-electron chi connectivity index (χ2n) is 5.73. The molecule has 0 saturated carbocycles. The number of ether oxygens (including phenoxy) is 2. The molecule has 0 unspecified atom stereocenters. The van der Waals surface area contributed by atoms with Crippen molar-refractivity contribution in [2.45, 2.75) is 17.6 Å². The van der Waals surface area contributed by atoms with E-state index in [4.69, 9.17) is 9.47 Å². The Morgan fingerprint density at radius 1 is 1.26 bits per heavy atom. The molecule has 1 aliphatic heterocycles. The highest BCUT2D eigenvalue weighted by molar-refractivity contribution is 7.91. The van der Waals surface area contributed by atoms with Gasteiger partial charge in [-0.05, 0) is 42.0 Å². The van der Waals surface area contributed by atoms with Crippen molar-refractivity contribution in [1.29, 1.82) is 0 Å². The van der Waals surface area contributed by atoms with Gasteiger partial charge in [0.1, 0.15) is 9.62 Å². The largest absolute Gasteiger partial charge is 0.465 e. The van der Waals surface area contributed by atoms with Crippen LogP contribution in [0.3, 0.4) is 0 Å². The molecule has 23 heavy (non-hydrogen) atoms. The maximum absolute atomic E-state index is 12.5. The molecule has 0 aliphatic carbocycles. The Hall–Kier alpha value is -1.44. The van der Waals surface area contributed by atoms with Crippen molar-refractivity contribution in [3.05, 3.63) is 34.7 Å². The fourth-order valence-corrected chi connectivity index (χ4v) is 5.53. The van der Waals surface area contributed by atoms with Crippen LogP contribution in [0, 0.1) is 0 Å². The summed E-state index contributed by atoms with van der Waals surface area (Å²) >= 11 is 1.34. The molecule has 0 amide bonds. The van der Waals surface area contributed by atoms with Crippen molar-refractivity contribution in [3.63, 3.8) is 0 Å². The third-order valence-corrected chi connectivity index (χ3v) is 7.60. The molecule has 1 fully saturated rings. The van der Waals surface area contributed by atoms with E-state index in [1.807, 2.05) is 18.2 Å². The van der Waals surface area contributed by atoms with Gasteiger partial charge in [-0.25, -0.2) is 13.2 Å². The van der Waals surface area contributed by atoms with E-state index in [1.165, 1.54) is 24.7 Å². The fraction of sp³-hybridized carbons (Fsp3) is 0.438. The number of carbonyl (C=O) groups is 1. The van der Waals surface area contributed by atoms with Crippen molar-refractivity contribution in [1.82, 2.24) is 0 Å². The van der Waals surface area contributed by atoms with Gasteiger partial charge < -0.3 is 9.47 Å². The van der Waals surface area contributed by atoms with Gasteiger partial charge >= 0.3 is 5.97 Å². The summed E-state index contributed by atoms with van der Waals surface area (Å²) in [6.07, 6.45) is 2.19. The second-order valence-corrected chi connectivity index (χ2v) is 9.14. The Morgan fingerprint density at radius 3 is 2.57 bits per heavy atom. The van der Waals surface area contributed by atoms with Crippen LogP contribution in [-0.2, 0) is 24.1 Å². The van der Waals surface area contributed by atoms with Crippen LogP contribution in [0.2, 0.25) is 0 Å². The average Bonchev–Trinajstić information content (AvgIpc) is 2.96. The Balaban J connectivity index is 2.12. The molecule has 2 aromatic rings. The number of fused-ring (bicyclic) bond motifs is 1. The van der Waals surface area contributed by atoms with Crippen molar-refractivity contribution < 1.29 is 22.7 Å². The summed E-state index contributed by atoms with van der Waals surface area (Å²) in [6, 6.07) is 7.37. The molecule has 3 rings (SSSR count). The van der Waals surface area contributed by atoms with Gasteiger partial charge in [-0.2, -0.15) is 0 Å². The maximum Gasteiger partial charge on any atom is 0.348 e. The van der Waals surface area contributed by atoms with Crippen LogP contribution in [0.5, 0.6) is 0 Å². The van der Waals surface area contributed by atoms with Gasteiger partial charge in [0.15, 0.2) is 9.84 Å². The zero-order valence-electron chi connectivity index (χ0n) is 13.0. The number of carbonyl (C=O) groups excluding carboxylic acids is 1. The topological polar surface area (TPSA) is 69.7 Å². The van der Waals surface area contributed by atoms with E-state index in [0.717, 1.165) is 15.6 Å². The normalized spacial score (nSPS) is 18.0. The second kappa shape index (κ2) is 5.89. The monoisotopic (exact) mass is 354 g/mol. The molecule has 5 nitrogen and oxygen atoms in total. The Bertz CT molecular complexity index is 844. The number of rotatable bonds is 3. The fourth-order valence-electron chi connectivity index (χ4n) is 3.10. The van der Waals surface area contributed by atoms with Crippen LogP contribution in [0.15, 0.2) is 24.3 Å². The van der Waals surface area contributed by atoms with E-state index >= 15 is 0 Å². The first kappa shape index (κ1) is 16.4. The zero-order chi connectivity index (χ0) is 16.7. The Morgan fingerprint density at radius 2 is 1.96 bits per heavy atom. The summed E-state index contributed by atoms with van der Waals surface area (Å²) in [7, 11) is -1.95. The van der Waals surface area contributed by atoms with E-state index in [1.54, 1.807) is 6.07 Å². The summed E-state index contributed by atoms with van der Waals surface area (Å²) < 4.78 is 35.1. The first-order valence-electron chi connectivity index (χ1n) is 7.27. The molecule has 1 aromatic carbocycles. The van der Waals surface area contributed by atoms with Gasteiger partial charge in [-0.3, -0.25) is 0 Å². The summed E-state index contributed by atoms with van der Waals surface area (Å²) in [4.78, 5) is 12.2. The number of sulfone groups is 1. The maximum atomic E-state index is 12.5. The van der Waals surface area contributed by atoms with Crippen molar-refractivity contribution in [2.75, 3.05) is 26.6 Å². The Labute approximate surface area is 139 Å². The molecule has 2 heterocycles. The molecule has 1 saturated heterocycles. The lowest BCUT2D eigenvalue weighted by molar-refractivity contribution is 0.0606. The van der Waals surface area contributed by atoms with Crippen LogP contribution < -0.4 is 0 Å². The summed E-state index contributed by atoms with van der Waals surface area (Å²) in [5.41, 5.74) is 0.769. The number of hydrogen-bond donors (Lipinski definition) is 0. The predicted octanol–water partition coefficient (Wildman–Crippen LogP) is 2.74. The standard InChI is InChI=1S/C16H18O5S2/c1-20-15(17)14-10-11-9-12(3-4-13(11)22-14)16(23(2,18)19)5-7-21-8-6-16/h3-4,9-10H,5-8H2,1-2H3. The lowest BCUT2D eigenvalue weighted by Gasteiger charge is -2.36. The van der Waals surface area contributed by atoms with Gasteiger partial charge in [-0.15, -0.1) is 11.3 Å². The first-order chi connectivity index (χ1) is 10.9. The van der Waals surface area contributed by atoms with Crippen LogP contribution in [0.1, 0.15) is 28.1 Å². The van der Waals surface area contributed by atoms with Gasteiger partial charge in [0.2, 0.25) is 0 Å². The lowest BCUT2D eigenvalue weighted by Crippen LogP contribution is -2.40. The predicted molar refractivity (Wildman–Crippen MR) is 89.7 cm³/mol. The van der Waals surface area contributed by atoms with Crippen LogP contribution in [0.25, 0.3) is 10.1 Å². The smallest absolute Gasteiger partial charge is 0.348 e. The molecule has 0 N–H and O–H groups in total. The molecular formula is C16H18O5S2. The molecule has 1 aromatic heterocycles. The molecule has 7 heteroatoms. The van der Waals surface area contributed by atoms with E-state index in [0.29, 0.717) is 30.9 Å². The quantitative estimate of drug-likeness (QED) is 0.793. The van der Waals surface area contributed by atoms with E-state index in [9.17, 15) is 13.2 Å². The van der Waals surface area contributed by atoms with Crippen molar-refractivity contribution >= 4 is 37.2 Å². The number of thiophene rings is 1. The highest BCUT2D eigenvalue weighted by Crippen LogP contribution is 2.41. The van der Waals surface area contributed by atoms with Gasteiger partial charge in [0.25, 0.3) is 0 Å². The van der Waals surface area contributed by atoms with Crippen LogP contribution in [-0.4, -0.2) is 41.0 Å². The minimum Gasteiger partial charge on any atom is -0.465 e. The Kier molecular flexibility index (Phi) is 4.20. The average molecular weight is 354 g/mol. The molecule has 0 radical (unpaired) electrons. The van der Waals surface area contributed by atoms with Crippen LogP contribution >= 0.6 is 11.3 Å². The van der Waals surface area contributed by atoms with Gasteiger partial charge in [0.05, 0.1) is 7.11 Å². The van der Waals surface area contributed by atoms with Crippen LogP contribution in [0.4, 0.5) is 0 Å². The molecule has 1 aliphatic rings. The molecule has 0 bridgehead atoms. The highest BCUT2D eigenvalue weighted by Gasteiger charge is 2.43. The van der Waals surface area contributed by atoms with E-state index < -0.39 is 14.6 Å². The van der Waals surface area contributed by atoms with E-state index in [-0.39, 0.29) is 5.97 Å². The molecule has 0 atom stereocenters. The zero-order valence-corrected chi connectivity index (χ0v) is 14.6. The first-order valence-corrected chi connectivity index (χ1v) is 9.98. The molecule has 124 valence electrons. The van der Waals surface area contributed by atoms with Crippen molar-refractivity contribution in [2.24, 2.45) is 0 Å². The lowest BCUT2D eigenvalue weighted by atomic mass is 9.90. The minimum atomic E-state index is -3.29. The number of methoxy groups -OCH3 is 1. The SMILES string of the molecule is COC(=O)c1cc2cc(C3(S(C)(=O)=O)CCOCC3)ccc2s1. The number of benzene rings is 1. The van der Waals surface area contributed by atoms with Gasteiger partial charge in [0, 0.05) is 24.2 Å². The number of esters is 1. The summed E-state index contributed by atoms with van der Waals surface area (Å²) in [6.45, 7) is 0.865. The summed E-state index contributed by atoms with van der Waals surface area (Å²) in [5.74, 6) is -0.378. The van der Waals surface area contributed by atoms with E-state index in [2.05, 4.69) is 0 Å².